The Morgan fingerprint density at radius 1 is 1.00 bits per heavy atom. The minimum absolute atomic E-state index is 0.191. The van der Waals surface area contributed by atoms with Gasteiger partial charge in [-0.15, -0.1) is 0 Å². The lowest BCUT2D eigenvalue weighted by Gasteiger charge is -2.21. The molecule has 0 saturated heterocycles. The van der Waals surface area contributed by atoms with Crippen LogP contribution in [0.15, 0.2) is 72.9 Å². The summed E-state index contributed by atoms with van der Waals surface area (Å²) < 4.78 is 5.66. The van der Waals surface area contributed by atoms with Crippen molar-refractivity contribution in [3.8, 4) is 17.6 Å². The third kappa shape index (κ3) is 5.83. The lowest BCUT2D eigenvalue weighted by molar-refractivity contribution is 0.0724. The van der Waals surface area contributed by atoms with Gasteiger partial charge in [-0.05, 0) is 55.0 Å². The molecule has 0 saturated carbocycles. The van der Waals surface area contributed by atoms with Gasteiger partial charge in [0.1, 0.15) is 12.0 Å². The summed E-state index contributed by atoms with van der Waals surface area (Å²) in [6.45, 7) is 4.08. The van der Waals surface area contributed by atoms with Crippen molar-refractivity contribution in [2.24, 2.45) is 0 Å². The number of para-hydroxylation sites is 1. The zero-order chi connectivity index (χ0) is 26.4. The first-order valence-corrected chi connectivity index (χ1v) is 12.1. The lowest BCUT2D eigenvalue weighted by Crippen LogP contribution is -2.38. The number of hydrogen-bond acceptors (Lipinski definition) is 4. The highest BCUT2D eigenvalue weighted by Gasteiger charge is 2.23. The van der Waals surface area contributed by atoms with E-state index in [0.29, 0.717) is 29.0 Å². The van der Waals surface area contributed by atoms with Crippen molar-refractivity contribution in [1.29, 1.82) is 0 Å². The van der Waals surface area contributed by atoms with Crippen LogP contribution in [-0.4, -0.2) is 41.8 Å². The van der Waals surface area contributed by atoms with Gasteiger partial charge in [-0.3, -0.25) is 9.59 Å². The standard InChI is InChI=1S/C30H29N3O4/c1-4-37-27-15-14-21(13-12-20-8-7-9-22(16-20)29(35)31-3)17-24(27)30(36)33-28(34)19(2)25-18-32-26-11-6-5-10-23(25)26/h5-11,14-19,28,32,34H,4H2,1-3H3,(H,31,35)(H,33,36)/t19?,28-/m1/s1. The predicted octanol–water partition coefficient (Wildman–Crippen LogP) is 4.18. The van der Waals surface area contributed by atoms with Gasteiger partial charge in [-0.25, -0.2) is 0 Å². The van der Waals surface area contributed by atoms with E-state index in [1.807, 2.05) is 50.4 Å². The topological polar surface area (TPSA) is 103 Å². The number of benzene rings is 3. The molecule has 1 aromatic heterocycles. The molecule has 0 fully saturated rings. The third-order valence-corrected chi connectivity index (χ3v) is 6.09. The number of rotatable bonds is 7. The first-order chi connectivity index (χ1) is 17.9. The van der Waals surface area contributed by atoms with Gasteiger partial charge in [-0.2, -0.15) is 0 Å². The summed E-state index contributed by atoms with van der Waals surface area (Å²) in [5.41, 5.74) is 3.93. The van der Waals surface area contributed by atoms with Crippen molar-refractivity contribution >= 4 is 22.7 Å². The highest BCUT2D eigenvalue weighted by atomic mass is 16.5. The third-order valence-electron chi connectivity index (χ3n) is 6.09. The summed E-state index contributed by atoms with van der Waals surface area (Å²) in [5.74, 6) is 5.47. The molecule has 0 aliphatic rings. The van der Waals surface area contributed by atoms with Gasteiger partial charge in [-0.1, -0.05) is 43.0 Å². The van der Waals surface area contributed by atoms with E-state index in [0.717, 1.165) is 16.5 Å². The Bertz CT molecular complexity index is 1500. The van der Waals surface area contributed by atoms with E-state index in [4.69, 9.17) is 4.74 Å². The number of aromatic amines is 1. The molecule has 3 aromatic carbocycles. The van der Waals surface area contributed by atoms with Crippen LogP contribution in [0.2, 0.25) is 0 Å². The van der Waals surface area contributed by atoms with Crippen molar-refractivity contribution < 1.29 is 19.4 Å². The molecule has 2 amide bonds. The number of nitrogens with one attached hydrogen (secondary N) is 3. The van der Waals surface area contributed by atoms with Crippen molar-refractivity contribution in [3.63, 3.8) is 0 Å². The van der Waals surface area contributed by atoms with Crippen molar-refractivity contribution in [1.82, 2.24) is 15.6 Å². The highest BCUT2D eigenvalue weighted by molar-refractivity contribution is 5.97. The Morgan fingerprint density at radius 3 is 2.51 bits per heavy atom. The van der Waals surface area contributed by atoms with E-state index in [1.165, 1.54) is 0 Å². The Hall–Kier alpha value is -4.54. The second-order valence-electron chi connectivity index (χ2n) is 8.55. The predicted molar refractivity (Wildman–Crippen MR) is 144 cm³/mol. The van der Waals surface area contributed by atoms with Crippen LogP contribution in [0, 0.1) is 11.8 Å². The molecule has 37 heavy (non-hydrogen) atoms. The largest absolute Gasteiger partial charge is 0.493 e. The Labute approximate surface area is 215 Å². The molecule has 0 spiro atoms. The number of fused-ring (bicyclic) bond motifs is 1. The second-order valence-corrected chi connectivity index (χ2v) is 8.55. The smallest absolute Gasteiger partial charge is 0.257 e. The van der Waals surface area contributed by atoms with E-state index in [1.54, 1.807) is 43.4 Å². The Balaban J connectivity index is 1.56. The second kappa shape index (κ2) is 11.5. The molecule has 1 unspecified atom stereocenters. The maximum Gasteiger partial charge on any atom is 0.257 e. The number of aromatic nitrogens is 1. The molecule has 0 aliphatic carbocycles. The summed E-state index contributed by atoms with van der Waals surface area (Å²) in [6.07, 6.45) is 0.731. The quantitative estimate of drug-likeness (QED) is 0.228. The van der Waals surface area contributed by atoms with Crippen LogP contribution < -0.4 is 15.4 Å². The first kappa shape index (κ1) is 25.5. The number of amides is 2. The van der Waals surface area contributed by atoms with Crippen molar-refractivity contribution in [3.05, 3.63) is 101 Å². The fourth-order valence-corrected chi connectivity index (χ4v) is 4.07. The summed E-state index contributed by atoms with van der Waals surface area (Å²) in [5, 5.41) is 17.2. The molecular weight excluding hydrogens is 466 g/mol. The van der Waals surface area contributed by atoms with Gasteiger partial charge in [0, 0.05) is 46.8 Å². The van der Waals surface area contributed by atoms with Crippen LogP contribution in [0.3, 0.4) is 0 Å². The molecule has 188 valence electrons. The summed E-state index contributed by atoms with van der Waals surface area (Å²) >= 11 is 0. The molecule has 0 aliphatic heterocycles. The fraction of sp³-hybridized carbons (Fsp3) is 0.200. The first-order valence-electron chi connectivity index (χ1n) is 12.1. The number of hydrogen-bond donors (Lipinski definition) is 4. The minimum atomic E-state index is -1.12. The molecule has 2 atom stereocenters. The molecule has 4 aromatic rings. The summed E-state index contributed by atoms with van der Waals surface area (Å²) in [7, 11) is 1.57. The molecular formula is C30H29N3O4. The zero-order valence-corrected chi connectivity index (χ0v) is 21.0. The van der Waals surface area contributed by atoms with Gasteiger partial charge in [0.05, 0.1) is 12.2 Å². The number of ether oxygens (including phenoxy) is 1. The van der Waals surface area contributed by atoms with Gasteiger partial charge in [0.15, 0.2) is 0 Å². The number of carbonyl (C=O) groups excluding carboxylic acids is 2. The average molecular weight is 496 g/mol. The number of aliphatic hydroxyl groups is 1. The van der Waals surface area contributed by atoms with Gasteiger partial charge >= 0.3 is 0 Å². The average Bonchev–Trinajstić information content (AvgIpc) is 3.36. The van der Waals surface area contributed by atoms with Crippen LogP contribution in [0.1, 0.15) is 57.2 Å². The maximum absolute atomic E-state index is 13.2. The molecule has 7 heteroatoms. The summed E-state index contributed by atoms with van der Waals surface area (Å²) in [6, 6.07) is 19.9. The Morgan fingerprint density at radius 2 is 1.76 bits per heavy atom. The maximum atomic E-state index is 13.2. The molecule has 4 N–H and O–H groups in total. The Kier molecular flexibility index (Phi) is 7.92. The van der Waals surface area contributed by atoms with E-state index < -0.39 is 12.1 Å². The molecule has 0 radical (unpaired) electrons. The number of aliphatic hydroxyl groups excluding tert-OH is 1. The van der Waals surface area contributed by atoms with Crippen molar-refractivity contribution in [2.75, 3.05) is 13.7 Å². The SMILES string of the molecule is CCOc1ccc(C#Cc2cccc(C(=O)NC)c2)cc1C(=O)N[C@H](O)C(C)c1c[nH]c2ccccc12. The van der Waals surface area contributed by atoms with Gasteiger partial charge in [0.25, 0.3) is 11.8 Å². The molecule has 1 heterocycles. The lowest BCUT2D eigenvalue weighted by atomic mass is 9.98. The van der Waals surface area contributed by atoms with E-state index in [9.17, 15) is 14.7 Å². The van der Waals surface area contributed by atoms with Crippen LogP contribution in [-0.2, 0) is 0 Å². The summed E-state index contributed by atoms with van der Waals surface area (Å²) in [4.78, 5) is 28.3. The van der Waals surface area contributed by atoms with E-state index >= 15 is 0 Å². The minimum Gasteiger partial charge on any atom is -0.493 e. The molecule has 7 nitrogen and oxygen atoms in total. The van der Waals surface area contributed by atoms with Gasteiger partial charge < -0.3 is 25.5 Å². The molecule has 0 bridgehead atoms. The zero-order valence-electron chi connectivity index (χ0n) is 21.0. The van der Waals surface area contributed by atoms with Crippen LogP contribution >= 0.6 is 0 Å². The van der Waals surface area contributed by atoms with E-state index in [2.05, 4.69) is 27.5 Å². The van der Waals surface area contributed by atoms with E-state index in [-0.39, 0.29) is 17.4 Å². The molecule has 4 rings (SSSR count). The fourth-order valence-electron chi connectivity index (χ4n) is 4.07. The van der Waals surface area contributed by atoms with Crippen LogP contribution in [0.4, 0.5) is 0 Å². The number of carbonyl (C=O) groups is 2. The number of H-pyrrole nitrogens is 1. The highest BCUT2D eigenvalue weighted by Crippen LogP contribution is 2.27. The van der Waals surface area contributed by atoms with Crippen LogP contribution in [0.5, 0.6) is 5.75 Å². The van der Waals surface area contributed by atoms with Crippen LogP contribution in [0.25, 0.3) is 10.9 Å². The van der Waals surface area contributed by atoms with Crippen molar-refractivity contribution in [2.45, 2.75) is 26.0 Å². The van der Waals surface area contributed by atoms with Gasteiger partial charge in [0.2, 0.25) is 0 Å². The monoisotopic (exact) mass is 495 g/mol. The normalized spacial score (nSPS) is 12.2.